The van der Waals surface area contributed by atoms with Crippen LogP contribution in [0.25, 0.3) is 0 Å². The Kier molecular flexibility index (Phi) is 5.84. The van der Waals surface area contributed by atoms with Gasteiger partial charge in [0.2, 0.25) is 5.91 Å². The van der Waals surface area contributed by atoms with E-state index in [0.717, 1.165) is 0 Å². The van der Waals surface area contributed by atoms with Gasteiger partial charge in [0.05, 0.1) is 19.6 Å². The lowest BCUT2D eigenvalue weighted by atomic mass is 10.2. The molecule has 4 nitrogen and oxygen atoms in total. The van der Waals surface area contributed by atoms with Gasteiger partial charge in [-0.2, -0.15) is 0 Å². The monoisotopic (exact) mass is 261 g/mol. The van der Waals surface area contributed by atoms with Crippen molar-refractivity contribution in [3.8, 4) is 0 Å². The van der Waals surface area contributed by atoms with Crippen LogP contribution in [0.3, 0.4) is 0 Å². The summed E-state index contributed by atoms with van der Waals surface area (Å²) in [5.74, 6) is -0.0568. The third kappa shape index (κ3) is 5.19. The van der Waals surface area contributed by atoms with E-state index < -0.39 is 8.32 Å². The van der Waals surface area contributed by atoms with E-state index in [-0.39, 0.29) is 17.0 Å². The average molecular weight is 261 g/mol. The standard InChI is InChI=1S/C12H27NO3Si/c1-10(9-11(14)13(5)15-6)16-17(7,8)12(2,3)4/h10H,9H2,1-8H3. The molecule has 0 aliphatic carbocycles. The molecule has 0 aliphatic heterocycles. The van der Waals surface area contributed by atoms with Crippen LogP contribution in [-0.2, 0) is 14.1 Å². The van der Waals surface area contributed by atoms with E-state index in [9.17, 15) is 4.79 Å². The van der Waals surface area contributed by atoms with Gasteiger partial charge in [-0.1, -0.05) is 20.8 Å². The van der Waals surface area contributed by atoms with Crippen molar-refractivity contribution in [2.24, 2.45) is 0 Å². The molecule has 0 aromatic heterocycles. The minimum Gasteiger partial charge on any atom is -0.414 e. The van der Waals surface area contributed by atoms with Crippen LogP contribution in [0.2, 0.25) is 18.1 Å². The van der Waals surface area contributed by atoms with Crippen molar-refractivity contribution >= 4 is 14.2 Å². The predicted octanol–water partition coefficient (Wildman–Crippen LogP) is 2.81. The molecule has 1 atom stereocenters. The fourth-order valence-corrected chi connectivity index (χ4v) is 2.64. The summed E-state index contributed by atoms with van der Waals surface area (Å²) in [6.45, 7) is 12.9. The molecule has 0 heterocycles. The fraction of sp³-hybridized carbons (Fsp3) is 0.917. The second-order valence-electron chi connectivity index (χ2n) is 5.97. The third-order valence-electron chi connectivity index (χ3n) is 3.39. The summed E-state index contributed by atoms with van der Waals surface area (Å²) < 4.78 is 6.10. The number of hydrogen-bond acceptors (Lipinski definition) is 3. The number of amides is 1. The summed E-state index contributed by atoms with van der Waals surface area (Å²) in [5, 5.41) is 1.41. The van der Waals surface area contributed by atoms with Gasteiger partial charge in [0.25, 0.3) is 0 Å². The van der Waals surface area contributed by atoms with Crippen molar-refractivity contribution in [1.82, 2.24) is 5.06 Å². The SMILES string of the molecule is CON(C)C(=O)CC(C)O[Si](C)(C)C(C)(C)C. The molecule has 5 heteroatoms. The van der Waals surface area contributed by atoms with Crippen LogP contribution in [0.4, 0.5) is 0 Å². The molecule has 0 saturated heterocycles. The summed E-state index contributed by atoms with van der Waals surface area (Å²) in [6.07, 6.45) is 0.289. The van der Waals surface area contributed by atoms with Crippen LogP contribution in [-0.4, -0.2) is 39.5 Å². The first kappa shape index (κ1) is 16.6. The minimum absolute atomic E-state index is 0.0568. The molecular weight excluding hydrogens is 234 g/mol. The van der Waals surface area contributed by atoms with E-state index in [1.165, 1.54) is 12.2 Å². The quantitative estimate of drug-likeness (QED) is 0.564. The van der Waals surface area contributed by atoms with Gasteiger partial charge in [-0.3, -0.25) is 9.63 Å². The number of carbonyl (C=O) groups excluding carboxylic acids is 1. The molecule has 0 spiro atoms. The van der Waals surface area contributed by atoms with Crippen molar-refractivity contribution in [2.45, 2.75) is 58.4 Å². The molecule has 17 heavy (non-hydrogen) atoms. The second-order valence-corrected chi connectivity index (χ2v) is 10.7. The molecule has 0 bridgehead atoms. The van der Waals surface area contributed by atoms with Crippen LogP contribution >= 0.6 is 0 Å². The Morgan fingerprint density at radius 2 is 1.82 bits per heavy atom. The molecule has 1 amide bonds. The van der Waals surface area contributed by atoms with E-state index in [1.54, 1.807) is 7.05 Å². The smallest absolute Gasteiger partial charge is 0.248 e. The van der Waals surface area contributed by atoms with Gasteiger partial charge < -0.3 is 4.43 Å². The highest BCUT2D eigenvalue weighted by Gasteiger charge is 2.38. The lowest BCUT2D eigenvalue weighted by molar-refractivity contribution is -0.170. The summed E-state index contributed by atoms with van der Waals surface area (Å²) >= 11 is 0. The Hall–Kier alpha value is -0.393. The highest BCUT2D eigenvalue weighted by molar-refractivity contribution is 6.74. The third-order valence-corrected chi connectivity index (χ3v) is 7.99. The number of carbonyl (C=O) groups is 1. The lowest BCUT2D eigenvalue weighted by Gasteiger charge is -2.38. The summed E-state index contributed by atoms with van der Waals surface area (Å²) in [6, 6.07) is 0. The summed E-state index contributed by atoms with van der Waals surface area (Å²) in [7, 11) is 1.30. The largest absolute Gasteiger partial charge is 0.414 e. The van der Waals surface area contributed by atoms with Gasteiger partial charge in [0.1, 0.15) is 0 Å². The van der Waals surface area contributed by atoms with E-state index in [0.29, 0.717) is 6.42 Å². The first-order chi connectivity index (χ1) is 7.51. The maximum atomic E-state index is 11.7. The lowest BCUT2D eigenvalue weighted by Crippen LogP contribution is -2.44. The maximum Gasteiger partial charge on any atom is 0.248 e. The number of hydroxylamine groups is 2. The molecule has 0 aromatic rings. The minimum atomic E-state index is -1.79. The van der Waals surface area contributed by atoms with Gasteiger partial charge in [0.15, 0.2) is 8.32 Å². The Labute approximate surface area is 106 Å². The molecule has 0 rings (SSSR count). The molecule has 0 aliphatic rings. The molecule has 0 radical (unpaired) electrons. The van der Waals surface area contributed by atoms with E-state index >= 15 is 0 Å². The zero-order valence-electron chi connectivity index (χ0n) is 12.5. The first-order valence-electron chi connectivity index (χ1n) is 5.99. The molecule has 0 N–H and O–H groups in total. The second kappa shape index (κ2) is 5.98. The zero-order chi connectivity index (χ0) is 13.9. The van der Waals surface area contributed by atoms with Crippen LogP contribution < -0.4 is 0 Å². The van der Waals surface area contributed by atoms with Crippen molar-refractivity contribution in [2.75, 3.05) is 14.2 Å². The van der Waals surface area contributed by atoms with Crippen LogP contribution in [0.15, 0.2) is 0 Å². The highest BCUT2D eigenvalue weighted by atomic mass is 28.4. The normalized spacial score (nSPS) is 14.6. The Balaban J connectivity index is 4.37. The molecular formula is C12H27NO3Si. The molecule has 1 unspecified atom stereocenters. The van der Waals surface area contributed by atoms with Crippen molar-refractivity contribution in [3.63, 3.8) is 0 Å². The van der Waals surface area contributed by atoms with Crippen LogP contribution in [0.1, 0.15) is 34.1 Å². The van der Waals surface area contributed by atoms with Gasteiger partial charge >= 0.3 is 0 Å². The van der Waals surface area contributed by atoms with Crippen molar-refractivity contribution in [3.05, 3.63) is 0 Å². The van der Waals surface area contributed by atoms with E-state index in [1.807, 2.05) is 6.92 Å². The van der Waals surface area contributed by atoms with Gasteiger partial charge in [-0.05, 0) is 25.1 Å². The van der Waals surface area contributed by atoms with Gasteiger partial charge in [0, 0.05) is 7.05 Å². The molecule has 0 aromatic carbocycles. The summed E-state index contributed by atoms with van der Waals surface area (Å²) in [5.41, 5.74) is 0. The van der Waals surface area contributed by atoms with Gasteiger partial charge in [-0.25, -0.2) is 5.06 Å². The fourth-order valence-electron chi connectivity index (χ4n) is 1.20. The molecule has 0 fully saturated rings. The molecule has 0 saturated carbocycles. The number of hydrogen-bond donors (Lipinski definition) is 0. The predicted molar refractivity (Wildman–Crippen MR) is 72.1 cm³/mol. The Morgan fingerprint density at radius 1 is 1.35 bits per heavy atom. The van der Waals surface area contributed by atoms with Crippen molar-refractivity contribution in [1.29, 1.82) is 0 Å². The van der Waals surface area contributed by atoms with E-state index in [4.69, 9.17) is 9.26 Å². The molecule has 102 valence electrons. The number of nitrogens with zero attached hydrogens (tertiary/aromatic N) is 1. The topological polar surface area (TPSA) is 38.8 Å². The van der Waals surface area contributed by atoms with Gasteiger partial charge in [-0.15, -0.1) is 0 Å². The zero-order valence-corrected chi connectivity index (χ0v) is 13.5. The average Bonchev–Trinajstić information content (AvgIpc) is 2.13. The first-order valence-corrected chi connectivity index (χ1v) is 8.90. The summed E-state index contributed by atoms with van der Waals surface area (Å²) in [4.78, 5) is 16.5. The Bertz CT molecular complexity index is 261. The highest BCUT2D eigenvalue weighted by Crippen LogP contribution is 2.37. The van der Waals surface area contributed by atoms with E-state index in [2.05, 4.69) is 33.9 Å². The Morgan fingerprint density at radius 3 is 2.18 bits per heavy atom. The van der Waals surface area contributed by atoms with Crippen LogP contribution in [0.5, 0.6) is 0 Å². The van der Waals surface area contributed by atoms with Crippen molar-refractivity contribution < 1.29 is 14.1 Å². The number of rotatable bonds is 5. The maximum absolute atomic E-state index is 11.7. The van der Waals surface area contributed by atoms with Crippen LogP contribution in [0, 0.1) is 0 Å².